The summed E-state index contributed by atoms with van der Waals surface area (Å²) in [5, 5.41) is 7.29. The van der Waals surface area contributed by atoms with Crippen LogP contribution in [0.3, 0.4) is 0 Å². The second-order valence-corrected chi connectivity index (χ2v) is 5.76. The topological polar surface area (TPSA) is 90.3 Å². The van der Waals surface area contributed by atoms with E-state index in [0.717, 1.165) is 0 Å². The number of aryl methyl sites for hydroxylation is 1. The maximum atomic E-state index is 12.6. The normalized spacial score (nSPS) is 10.6. The Morgan fingerprint density at radius 1 is 1.07 bits per heavy atom. The monoisotopic (exact) mass is 365 g/mol. The Morgan fingerprint density at radius 2 is 1.78 bits per heavy atom. The first-order valence-electron chi connectivity index (χ1n) is 8.63. The summed E-state index contributed by atoms with van der Waals surface area (Å²) in [5.41, 5.74) is 0.916. The van der Waals surface area contributed by atoms with Gasteiger partial charge in [0, 0.05) is 17.6 Å². The number of carbonyl (C=O) groups is 2. The summed E-state index contributed by atoms with van der Waals surface area (Å²) in [6.45, 7) is 4.43. The van der Waals surface area contributed by atoms with Crippen LogP contribution in [0.25, 0.3) is 10.9 Å². The smallest absolute Gasteiger partial charge is 0.338 e. The molecule has 7 heteroatoms. The fraction of sp³-hybridized carbons (Fsp3) is 0.200. The van der Waals surface area contributed by atoms with Crippen LogP contribution in [0.15, 0.2) is 53.3 Å². The number of hydrogen-bond donors (Lipinski definition) is 1. The molecule has 0 aliphatic carbocycles. The maximum Gasteiger partial charge on any atom is 0.338 e. The van der Waals surface area contributed by atoms with E-state index in [1.54, 1.807) is 54.1 Å². The highest BCUT2D eigenvalue weighted by Gasteiger charge is 2.17. The Kier molecular flexibility index (Phi) is 5.30. The molecule has 0 fully saturated rings. The third-order valence-corrected chi connectivity index (χ3v) is 4.03. The summed E-state index contributed by atoms with van der Waals surface area (Å²) in [6, 6.07) is 13.3. The van der Waals surface area contributed by atoms with Crippen LogP contribution in [0, 0.1) is 0 Å². The molecule has 0 saturated heterocycles. The average Bonchev–Trinajstić information content (AvgIpc) is 2.69. The third-order valence-electron chi connectivity index (χ3n) is 4.03. The van der Waals surface area contributed by atoms with Gasteiger partial charge in [-0.3, -0.25) is 14.3 Å². The number of carbonyl (C=O) groups excluding carboxylic acids is 2. The number of esters is 1. The van der Waals surface area contributed by atoms with Crippen LogP contribution < -0.4 is 10.7 Å². The van der Waals surface area contributed by atoms with E-state index in [2.05, 4.69) is 10.4 Å². The lowest BCUT2D eigenvalue weighted by Crippen LogP contribution is -2.27. The molecule has 3 aromatic rings. The highest BCUT2D eigenvalue weighted by molar-refractivity contribution is 6.04. The van der Waals surface area contributed by atoms with Gasteiger partial charge in [-0.05, 0) is 50.2 Å². The minimum atomic E-state index is -0.600. The van der Waals surface area contributed by atoms with Crippen LogP contribution in [-0.4, -0.2) is 28.3 Å². The van der Waals surface area contributed by atoms with Gasteiger partial charge in [-0.15, -0.1) is 0 Å². The summed E-state index contributed by atoms with van der Waals surface area (Å²) >= 11 is 0. The Hall–Kier alpha value is -3.48. The molecule has 3 rings (SSSR count). The first kappa shape index (κ1) is 18.3. The number of hydrogen-bond acceptors (Lipinski definition) is 5. The van der Waals surface area contributed by atoms with Gasteiger partial charge in [-0.2, -0.15) is 5.10 Å². The molecule has 0 saturated carbocycles. The molecule has 1 amide bonds. The minimum absolute atomic E-state index is 0.176. The van der Waals surface area contributed by atoms with Crippen molar-refractivity contribution in [2.24, 2.45) is 0 Å². The number of anilines is 1. The molecule has 0 atom stereocenters. The molecular formula is C20H19N3O4. The Labute approximate surface area is 155 Å². The molecule has 7 nitrogen and oxygen atoms in total. The van der Waals surface area contributed by atoms with E-state index < -0.39 is 17.3 Å². The van der Waals surface area contributed by atoms with Crippen molar-refractivity contribution in [2.75, 3.05) is 11.9 Å². The zero-order valence-electron chi connectivity index (χ0n) is 15.1. The van der Waals surface area contributed by atoms with Crippen LogP contribution in [0.1, 0.15) is 34.7 Å². The number of fused-ring (bicyclic) bond motifs is 1. The van der Waals surface area contributed by atoms with Crippen molar-refractivity contribution >= 4 is 28.5 Å². The quantitative estimate of drug-likeness (QED) is 0.702. The van der Waals surface area contributed by atoms with E-state index in [0.29, 0.717) is 28.7 Å². The largest absolute Gasteiger partial charge is 0.462 e. The molecule has 0 bridgehead atoms. The van der Waals surface area contributed by atoms with Crippen LogP contribution in [0.2, 0.25) is 0 Å². The van der Waals surface area contributed by atoms with E-state index in [1.165, 1.54) is 0 Å². The van der Waals surface area contributed by atoms with Crippen molar-refractivity contribution < 1.29 is 14.3 Å². The molecule has 1 N–H and O–H groups in total. The lowest BCUT2D eigenvalue weighted by Gasteiger charge is -2.10. The van der Waals surface area contributed by atoms with Crippen molar-refractivity contribution in [1.29, 1.82) is 0 Å². The van der Waals surface area contributed by atoms with Gasteiger partial charge in [-0.25, -0.2) is 4.79 Å². The van der Waals surface area contributed by atoms with Gasteiger partial charge in [0.05, 0.1) is 17.7 Å². The second kappa shape index (κ2) is 7.82. The Bertz CT molecular complexity index is 1060. The lowest BCUT2D eigenvalue weighted by atomic mass is 10.2. The van der Waals surface area contributed by atoms with Crippen molar-refractivity contribution in [3.63, 3.8) is 0 Å². The summed E-state index contributed by atoms with van der Waals surface area (Å²) in [6.07, 6.45) is 0. The summed E-state index contributed by atoms with van der Waals surface area (Å²) in [7, 11) is 0. The Balaban J connectivity index is 1.89. The molecule has 1 aromatic heterocycles. The van der Waals surface area contributed by atoms with Gasteiger partial charge >= 0.3 is 5.97 Å². The number of nitrogens with zero attached hydrogens (tertiary/aromatic N) is 2. The van der Waals surface area contributed by atoms with E-state index >= 15 is 0 Å². The second-order valence-electron chi connectivity index (χ2n) is 5.76. The van der Waals surface area contributed by atoms with Gasteiger partial charge < -0.3 is 10.1 Å². The molecule has 0 unspecified atom stereocenters. The molecule has 0 aliphatic rings. The fourth-order valence-corrected chi connectivity index (χ4v) is 2.72. The van der Waals surface area contributed by atoms with Crippen molar-refractivity contribution in [1.82, 2.24) is 9.78 Å². The first-order valence-corrected chi connectivity index (χ1v) is 8.63. The average molecular weight is 365 g/mol. The number of aromatic nitrogens is 2. The Morgan fingerprint density at radius 3 is 2.44 bits per heavy atom. The number of benzene rings is 2. The van der Waals surface area contributed by atoms with Gasteiger partial charge in [0.2, 0.25) is 5.43 Å². The summed E-state index contributed by atoms with van der Waals surface area (Å²) in [4.78, 5) is 36.9. The van der Waals surface area contributed by atoms with E-state index in [9.17, 15) is 14.4 Å². The summed E-state index contributed by atoms with van der Waals surface area (Å²) < 4.78 is 6.54. The third kappa shape index (κ3) is 3.72. The van der Waals surface area contributed by atoms with Gasteiger partial charge in [0.15, 0.2) is 5.69 Å². The van der Waals surface area contributed by atoms with Gasteiger partial charge in [0.1, 0.15) is 0 Å². The zero-order valence-corrected chi connectivity index (χ0v) is 15.1. The number of rotatable bonds is 5. The summed E-state index contributed by atoms with van der Waals surface area (Å²) in [5.74, 6) is -1.03. The van der Waals surface area contributed by atoms with Crippen molar-refractivity contribution in [2.45, 2.75) is 20.4 Å². The SMILES string of the molecule is CCOC(=O)c1ccc(NC(=O)c2nn(CC)c3ccccc3c2=O)cc1. The van der Waals surface area contributed by atoms with Gasteiger partial charge in [0.25, 0.3) is 5.91 Å². The standard InChI is InChI=1S/C20H19N3O4/c1-3-23-16-8-6-5-7-15(16)18(24)17(22-23)19(25)21-14-11-9-13(10-12-14)20(26)27-4-2/h5-12H,3-4H2,1-2H3,(H,21,25). The minimum Gasteiger partial charge on any atom is -0.462 e. The van der Waals surface area contributed by atoms with Crippen LogP contribution >= 0.6 is 0 Å². The molecule has 0 aliphatic heterocycles. The molecular weight excluding hydrogens is 346 g/mol. The maximum absolute atomic E-state index is 12.6. The fourth-order valence-electron chi connectivity index (χ4n) is 2.72. The van der Waals surface area contributed by atoms with E-state index in [1.807, 2.05) is 13.0 Å². The van der Waals surface area contributed by atoms with Crippen LogP contribution in [0.5, 0.6) is 0 Å². The predicted octanol–water partition coefficient (Wildman–Crippen LogP) is 2.85. The molecule has 138 valence electrons. The highest BCUT2D eigenvalue weighted by Crippen LogP contribution is 2.13. The molecule has 0 spiro atoms. The van der Waals surface area contributed by atoms with Crippen molar-refractivity contribution in [3.8, 4) is 0 Å². The molecule has 0 radical (unpaired) electrons. The van der Waals surface area contributed by atoms with E-state index in [4.69, 9.17) is 4.74 Å². The molecule has 1 heterocycles. The van der Waals surface area contributed by atoms with Crippen LogP contribution in [0.4, 0.5) is 5.69 Å². The highest BCUT2D eigenvalue weighted by atomic mass is 16.5. The lowest BCUT2D eigenvalue weighted by molar-refractivity contribution is 0.0526. The number of nitrogens with one attached hydrogen (secondary N) is 1. The molecule has 27 heavy (non-hydrogen) atoms. The number of para-hydroxylation sites is 1. The number of ether oxygens (including phenoxy) is 1. The molecule has 2 aromatic carbocycles. The predicted molar refractivity (Wildman–Crippen MR) is 102 cm³/mol. The van der Waals surface area contributed by atoms with Gasteiger partial charge in [-0.1, -0.05) is 12.1 Å². The first-order chi connectivity index (χ1) is 13.0. The van der Waals surface area contributed by atoms with Crippen LogP contribution in [-0.2, 0) is 11.3 Å². The van der Waals surface area contributed by atoms with Crippen molar-refractivity contribution in [3.05, 3.63) is 70.0 Å². The zero-order chi connectivity index (χ0) is 19.4. The van der Waals surface area contributed by atoms with E-state index in [-0.39, 0.29) is 12.3 Å². The number of amides is 1.